The van der Waals surface area contributed by atoms with Crippen LogP contribution in [-0.4, -0.2) is 25.7 Å². The number of aryl methyl sites for hydroxylation is 2. The largest absolute Gasteiger partial charge is 0.365 e. The van der Waals surface area contributed by atoms with Crippen molar-refractivity contribution in [3.05, 3.63) is 59.0 Å². The topological polar surface area (TPSA) is 111 Å². The average Bonchev–Trinajstić information content (AvgIpc) is 3.10. The normalized spacial score (nSPS) is 11.3. The van der Waals surface area contributed by atoms with E-state index in [1.807, 2.05) is 16.9 Å². The van der Waals surface area contributed by atoms with Crippen LogP contribution in [0.1, 0.15) is 47.8 Å². The molecule has 8 heteroatoms. The van der Waals surface area contributed by atoms with Gasteiger partial charge in [0.05, 0.1) is 23.0 Å². The number of primary amides is 1. The summed E-state index contributed by atoms with van der Waals surface area (Å²) in [6.45, 7) is 10.8. The zero-order valence-electron chi connectivity index (χ0n) is 17.4. The molecule has 29 heavy (non-hydrogen) atoms. The van der Waals surface area contributed by atoms with Gasteiger partial charge in [0.1, 0.15) is 5.82 Å². The van der Waals surface area contributed by atoms with Gasteiger partial charge in [0.15, 0.2) is 0 Å². The lowest BCUT2D eigenvalue weighted by molar-refractivity contribution is 0.100. The molecule has 2 heterocycles. The Morgan fingerprint density at radius 3 is 2.45 bits per heavy atom. The Balaban J connectivity index is 1.84. The Bertz CT molecular complexity index is 1010. The second-order valence-electron chi connectivity index (χ2n) is 8.01. The second kappa shape index (κ2) is 7.90. The van der Waals surface area contributed by atoms with Crippen molar-refractivity contribution in [2.45, 2.75) is 46.7 Å². The van der Waals surface area contributed by atoms with Crippen molar-refractivity contribution >= 4 is 23.4 Å². The van der Waals surface area contributed by atoms with Crippen LogP contribution in [0.3, 0.4) is 0 Å². The third kappa shape index (κ3) is 4.71. The highest BCUT2D eigenvalue weighted by Gasteiger charge is 2.16. The molecule has 0 saturated heterocycles. The van der Waals surface area contributed by atoms with Crippen molar-refractivity contribution in [3.8, 4) is 0 Å². The molecular formula is C21H27N7O. The minimum Gasteiger partial charge on any atom is -0.365 e. The molecule has 8 nitrogen and oxygen atoms in total. The summed E-state index contributed by atoms with van der Waals surface area (Å²) < 4.78 is 1.85. The number of nitrogens with two attached hydrogens (primary N) is 1. The summed E-state index contributed by atoms with van der Waals surface area (Å²) in [6, 6.07) is 6.13. The molecule has 2 aromatic heterocycles. The third-order valence-electron chi connectivity index (χ3n) is 4.66. The highest BCUT2D eigenvalue weighted by molar-refractivity contribution is 5.97. The van der Waals surface area contributed by atoms with Gasteiger partial charge in [-0.15, -0.1) is 0 Å². The number of carbonyl (C=O) groups excluding carboxylic acids is 1. The average molecular weight is 393 g/mol. The lowest BCUT2D eigenvalue weighted by atomic mass is 10.0. The number of rotatable bonds is 6. The molecule has 1 aromatic carbocycles. The predicted octanol–water partition coefficient (Wildman–Crippen LogP) is 3.50. The Morgan fingerprint density at radius 2 is 1.86 bits per heavy atom. The molecule has 1 amide bonds. The molecule has 0 atom stereocenters. The number of hydrogen-bond acceptors (Lipinski definition) is 6. The van der Waals surface area contributed by atoms with Crippen molar-refractivity contribution in [2.24, 2.45) is 5.73 Å². The molecule has 0 aliphatic carbocycles. The van der Waals surface area contributed by atoms with Crippen LogP contribution in [0.4, 0.5) is 17.5 Å². The van der Waals surface area contributed by atoms with E-state index in [0.717, 1.165) is 11.3 Å². The number of anilines is 3. The van der Waals surface area contributed by atoms with Crippen LogP contribution in [0.15, 0.2) is 36.8 Å². The van der Waals surface area contributed by atoms with Crippen molar-refractivity contribution in [2.75, 3.05) is 10.6 Å². The van der Waals surface area contributed by atoms with E-state index in [-0.39, 0.29) is 11.1 Å². The summed E-state index contributed by atoms with van der Waals surface area (Å²) in [5, 5.41) is 10.7. The van der Waals surface area contributed by atoms with Crippen molar-refractivity contribution in [1.82, 2.24) is 19.7 Å². The molecule has 0 saturated carbocycles. The first kappa shape index (κ1) is 20.3. The maximum atomic E-state index is 11.8. The Morgan fingerprint density at radius 1 is 1.17 bits per heavy atom. The number of nitrogens with zero attached hydrogens (tertiary/aromatic N) is 4. The highest BCUT2D eigenvalue weighted by atomic mass is 16.1. The quantitative estimate of drug-likeness (QED) is 0.591. The van der Waals surface area contributed by atoms with Crippen molar-refractivity contribution in [1.29, 1.82) is 0 Å². The fraction of sp³-hybridized carbons (Fsp3) is 0.333. The van der Waals surface area contributed by atoms with E-state index >= 15 is 0 Å². The monoisotopic (exact) mass is 393 g/mol. The van der Waals surface area contributed by atoms with Crippen LogP contribution >= 0.6 is 0 Å². The molecule has 0 aliphatic heterocycles. The lowest BCUT2D eigenvalue weighted by Gasteiger charge is -2.18. The minimum atomic E-state index is -0.582. The molecule has 0 bridgehead atoms. The number of benzene rings is 1. The van der Waals surface area contributed by atoms with Gasteiger partial charge in [0, 0.05) is 18.9 Å². The van der Waals surface area contributed by atoms with E-state index < -0.39 is 5.91 Å². The number of nitrogens with one attached hydrogen (secondary N) is 2. The predicted molar refractivity (Wildman–Crippen MR) is 114 cm³/mol. The third-order valence-corrected chi connectivity index (χ3v) is 4.66. The SMILES string of the molecule is Cc1cccc(C)c1CNc1nc(Nc2cnn(C(C)(C)C)c2)ncc1C(N)=O. The Labute approximate surface area is 170 Å². The number of amides is 1. The van der Waals surface area contributed by atoms with Gasteiger partial charge in [0.25, 0.3) is 5.91 Å². The van der Waals surface area contributed by atoms with E-state index in [4.69, 9.17) is 5.73 Å². The van der Waals surface area contributed by atoms with Gasteiger partial charge >= 0.3 is 0 Å². The molecule has 0 spiro atoms. The van der Waals surface area contributed by atoms with Crippen molar-refractivity contribution < 1.29 is 4.79 Å². The van der Waals surface area contributed by atoms with E-state index in [0.29, 0.717) is 18.3 Å². The molecule has 0 unspecified atom stereocenters. The summed E-state index contributed by atoms with van der Waals surface area (Å²) in [4.78, 5) is 20.5. The smallest absolute Gasteiger partial charge is 0.254 e. The first-order valence-electron chi connectivity index (χ1n) is 9.43. The number of carbonyl (C=O) groups is 1. The Hall–Kier alpha value is -3.42. The summed E-state index contributed by atoms with van der Waals surface area (Å²) in [5.41, 5.74) is 9.86. The second-order valence-corrected chi connectivity index (χ2v) is 8.01. The Kier molecular flexibility index (Phi) is 5.54. The van der Waals surface area contributed by atoms with E-state index in [1.165, 1.54) is 17.3 Å². The van der Waals surface area contributed by atoms with Crippen LogP contribution < -0.4 is 16.4 Å². The first-order valence-corrected chi connectivity index (χ1v) is 9.43. The van der Waals surface area contributed by atoms with Gasteiger partial charge in [-0.2, -0.15) is 10.1 Å². The zero-order valence-corrected chi connectivity index (χ0v) is 17.4. The fourth-order valence-corrected chi connectivity index (χ4v) is 2.94. The lowest BCUT2D eigenvalue weighted by Crippen LogP contribution is -2.21. The van der Waals surface area contributed by atoms with Gasteiger partial charge < -0.3 is 16.4 Å². The van der Waals surface area contributed by atoms with E-state index in [2.05, 4.69) is 72.5 Å². The number of aromatic nitrogens is 4. The molecule has 0 radical (unpaired) electrons. The van der Waals surface area contributed by atoms with Crippen LogP contribution in [-0.2, 0) is 12.1 Å². The number of hydrogen-bond donors (Lipinski definition) is 3. The highest BCUT2D eigenvalue weighted by Crippen LogP contribution is 2.21. The molecule has 0 fully saturated rings. The summed E-state index contributed by atoms with van der Waals surface area (Å²) in [7, 11) is 0. The van der Waals surface area contributed by atoms with Crippen molar-refractivity contribution in [3.63, 3.8) is 0 Å². The van der Waals surface area contributed by atoms with E-state index in [9.17, 15) is 4.79 Å². The van der Waals surface area contributed by atoms with Crippen LogP contribution in [0.25, 0.3) is 0 Å². The fourth-order valence-electron chi connectivity index (χ4n) is 2.94. The van der Waals surface area contributed by atoms with E-state index in [1.54, 1.807) is 6.20 Å². The van der Waals surface area contributed by atoms with Gasteiger partial charge in [0.2, 0.25) is 5.95 Å². The zero-order chi connectivity index (χ0) is 21.2. The maximum absolute atomic E-state index is 11.8. The molecule has 152 valence electrons. The first-order chi connectivity index (χ1) is 13.6. The minimum absolute atomic E-state index is 0.130. The van der Waals surface area contributed by atoms with Gasteiger partial charge in [-0.25, -0.2) is 4.98 Å². The van der Waals surface area contributed by atoms with Gasteiger partial charge in [-0.3, -0.25) is 9.48 Å². The molecule has 4 N–H and O–H groups in total. The summed E-state index contributed by atoms with van der Waals surface area (Å²) in [5.74, 6) is 0.162. The van der Waals surface area contributed by atoms with Crippen LogP contribution in [0.5, 0.6) is 0 Å². The summed E-state index contributed by atoms with van der Waals surface area (Å²) >= 11 is 0. The molecule has 3 rings (SSSR count). The maximum Gasteiger partial charge on any atom is 0.254 e. The standard InChI is InChI=1S/C21H27N7O/c1-13-7-6-8-14(2)16(13)10-23-19-17(18(22)29)11-24-20(27-19)26-15-9-25-28(12-15)21(3,4)5/h6-9,11-12H,10H2,1-5H3,(H2,22,29)(H2,23,24,26,27). The molecule has 3 aromatic rings. The molecular weight excluding hydrogens is 366 g/mol. The van der Waals surface area contributed by atoms with Crippen LogP contribution in [0, 0.1) is 13.8 Å². The molecule has 0 aliphatic rings. The summed E-state index contributed by atoms with van der Waals surface area (Å²) in [6.07, 6.45) is 5.02. The van der Waals surface area contributed by atoms with Gasteiger partial charge in [-0.1, -0.05) is 18.2 Å². The van der Waals surface area contributed by atoms with Gasteiger partial charge in [-0.05, 0) is 51.3 Å². The van der Waals surface area contributed by atoms with Crippen LogP contribution in [0.2, 0.25) is 0 Å².